The van der Waals surface area contributed by atoms with Crippen molar-refractivity contribution in [3.63, 3.8) is 0 Å². The van der Waals surface area contributed by atoms with Gasteiger partial charge < -0.3 is 14.6 Å². The van der Waals surface area contributed by atoms with E-state index in [9.17, 15) is 4.79 Å². The standard InChI is InChI=1S/C20H20ClN3O3/c1-14-18(20(21)27-24-14)8-9-19(25)23-12-15-5-4-7-17(11-15)26-13-16-6-2-3-10-22-16/h2-7,10-11H,8-9,12-13H2,1H3,(H,23,25). The maximum atomic E-state index is 12.1. The van der Waals surface area contributed by atoms with Crippen LogP contribution in [0.4, 0.5) is 0 Å². The molecule has 0 unspecified atom stereocenters. The molecule has 0 radical (unpaired) electrons. The fourth-order valence-electron chi connectivity index (χ4n) is 2.55. The van der Waals surface area contributed by atoms with E-state index in [1.165, 1.54) is 0 Å². The lowest BCUT2D eigenvalue weighted by molar-refractivity contribution is -0.121. The van der Waals surface area contributed by atoms with Crippen LogP contribution < -0.4 is 10.1 Å². The number of nitrogens with zero attached hydrogens (tertiary/aromatic N) is 2. The second-order valence-corrected chi connectivity index (χ2v) is 6.40. The van der Waals surface area contributed by atoms with Crippen molar-refractivity contribution in [3.8, 4) is 5.75 Å². The minimum atomic E-state index is -0.0635. The lowest BCUT2D eigenvalue weighted by Crippen LogP contribution is -2.23. The summed E-state index contributed by atoms with van der Waals surface area (Å²) >= 11 is 5.91. The predicted octanol–water partition coefficient (Wildman–Crippen LogP) is 3.86. The van der Waals surface area contributed by atoms with Gasteiger partial charge in [0.2, 0.25) is 11.1 Å². The van der Waals surface area contributed by atoms with E-state index in [1.54, 1.807) is 13.1 Å². The van der Waals surface area contributed by atoms with Crippen LogP contribution in [0.15, 0.2) is 53.2 Å². The van der Waals surface area contributed by atoms with E-state index >= 15 is 0 Å². The van der Waals surface area contributed by atoms with Crippen molar-refractivity contribution in [2.75, 3.05) is 0 Å². The van der Waals surface area contributed by atoms with Crippen molar-refractivity contribution < 1.29 is 14.1 Å². The Kier molecular flexibility index (Phi) is 6.44. The molecule has 2 aromatic heterocycles. The maximum Gasteiger partial charge on any atom is 0.229 e. The molecule has 0 aliphatic rings. The van der Waals surface area contributed by atoms with Gasteiger partial charge in [-0.25, -0.2) is 0 Å². The van der Waals surface area contributed by atoms with Gasteiger partial charge in [0, 0.05) is 24.7 Å². The number of aromatic nitrogens is 2. The predicted molar refractivity (Wildman–Crippen MR) is 101 cm³/mol. The van der Waals surface area contributed by atoms with E-state index in [0.29, 0.717) is 31.7 Å². The topological polar surface area (TPSA) is 77.2 Å². The van der Waals surface area contributed by atoms with Gasteiger partial charge in [0.1, 0.15) is 12.4 Å². The molecule has 6 nitrogen and oxygen atoms in total. The highest BCUT2D eigenvalue weighted by Crippen LogP contribution is 2.20. The molecule has 0 saturated heterocycles. The number of benzene rings is 1. The number of hydrogen-bond donors (Lipinski definition) is 1. The molecule has 1 N–H and O–H groups in total. The summed E-state index contributed by atoms with van der Waals surface area (Å²) < 4.78 is 10.6. The Morgan fingerprint density at radius 2 is 2.15 bits per heavy atom. The van der Waals surface area contributed by atoms with E-state index in [4.69, 9.17) is 20.9 Å². The first-order valence-corrected chi connectivity index (χ1v) is 8.98. The highest BCUT2D eigenvalue weighted by Gasteiger charge is 2.12. The molecule has 0 bridgehead atoms. The minimum absolute atomic E-state index is 0.0635. The molecule has 1 amide bonds. The summed E-state index contributed by atoms with van der Waals surface area (Å²) in [5.41, 5.74) is 3.31. The van der Waals surface area contributed by atoms with Crippen LogP contribution in [-0.4, -0.2) is 16.0 Å². The van der Waals surface area contributed by atoms with E-state index < -0.39 is 0 Å². The number of ether oxygens (including phenoxy) is 1. The molecule has 7 heteroatoms. The van der Waals surface area contributed by atoms with Gasteiger partial charge in [0.05, 0.1) is 11.4 Å². The molecule has 1 aromatic carbocycles. The average Bonchev–Trinajstić information content (AvgIpc) is 3.02. The van der Waals surface area contributed by atoms with Crippen LogP contribution >= 0.6 is 11.6 Å². The normalized spacial score (nSPS) is 10.6. The molecule has 0 aliphatic carbocycles. The molecule has 0 spiro atoms. The fourth-order valence-corrected chi connectivity index (χ4v) is 2.82. The van der Waals surface area contributed by atoms with Crippen molar-refractivity contribution in [1.29, 1.82) is 0 Å². The Morgan fingerprint density at radius 3 is 2.89 bits per heavy atom. The van der Waals surface area contributed by atoms with Gasteiger partial charge in [-0.05, 0) is 54.8 Å². The second-order valence-electron chi connectivity index (χ2n) is 6.05. The number of hydrogen-bond acceptors (Lipinski definition) is 5. The number of nitrogens with one attached hydrogen (secondary N) is 1. The Balaban J connectivity index is 1.47. The fraction of sp³-hybridized carbons (Fsp3) is 0.250. The molecule has 0 saturated carbocycles. The number of rotatable bonds is 8. The molecular weight excluding hydrogens is 366 g/mol. The number of carbonyl (C=O) groups excluding carboxylic acids is 1. The largest absolute Gasteiger partial charge is 0.487 e. The summed E-state index contributed by atoms with van der Waals surface area (Å²) in [6.45, 7) is 2.63. The molecule has 3 rings (SSSR count). The highest BCUT2D eigenvalue weighted by molar-refractivity contribution is 6.29. The average molecular weight is 386 g/mol. The number of pyridine rings is 1. The van der Waals surface area contributed by atoms with Gasteiger partial charge >= 0.3 is 0 Å². The lowest BCUT2D eigenvalue weighted by atomic mass is 10.1. The van der Waals surface area contributed by atoms with Crippen molar-refractivity contribution in [2.45, 2.75) is 32.9 Å². The Labute approximate surface area is 162 Å². The third-order valence-electron chi connectivity index (χ3n) is 4.04. The molecule has 3 aromatic rings. The number of carbonyl (C=O) groups is 1. The zero-order valence-electron chi connectivity index (χ0n) is 14.9. The van der Waals surface area contributed by atoms with Crippen molar-refractivity contribution in [3.05, 3.63) is 76.4 Å². The zero-order chi connectivity index (χ0) is 19.1. The Morgan fingerprint density at radius 1 is 1.26 bits per heavy atom. The van der Waals surface area contributed by atoms with Crippen LogP contribution in [0.1, 0.15) is 28.9 Å². The van der Waals surface area contributed by atoms with Gasteiger partial charge in [0.15, 0.2) is 0 Å². The first-order chi connectivity index (χ1) is 13.1. The third kappa shape index (κ3) is 5.56. The molecule has 27 heavy (non-hydrogen) atoms. The van der Waals surface area contributed by atoms with E-state index in [-0.39, 0.29) is 11.1 Å². The van der Waals surface area contributed by atoms with Crippen LogP contribution in [0.2, 0.25) is 5.22 Å². The van der Waals surface area contributed by atoms with Crippen molar-refractivity contribution in [2.24, 2.45) is 0 Å². The van der Waals surface area contributed by atoms with E-state index in [1.807, 2.05) is 42.5 Å². The smallest absolute Gasteiger partial charge is 0.229 e. The summed E-state index contributed by atoms with van der Waals surface area (Å²) in [6.07, 6.45) is 2.55. The van der Waals surface area contributed by atoms with Gasteiger partial charge in [-0.1, -0.05) is 23.4 Å². The van der Waals surface area contributed by atoms with Crippen LogP contribution in [0.3, 0.4) is 0 Å². The number of aryl methyl sites for hydroxylation is 1. The van der Waals surface area contributed by atoms with Crippen LogP contribution in [0.25, 0.3) is 0 Å². The summed E-state index contributed by atoms with van der Waals surface area (Å²) in [5.74, 6) is 0.672. The van der Waals surface area contributed by atoms with E-state index in [0.717, 1.165) is 22.6 Å². The molecular formula is C20H20ClN3O3. The maximum absolute atomic E-state index is 12.1. The van der Waals surface area contributed by atoms with Crippen LogP contribution in [0.5, 0.6) is 5.75 Å². The third-order valence-corrected chi connectivity index (χ3v) is 4.34. The van der Waals surface area contributed by atoms with Crippen LogP contribution in [-0.2, 0) is 24.4 Å². The molecule has 0 fully saturated rings. The monoisotopic (exact) mass is 385 g/mol. The van der Waals surface area contributed by atoms with Gasteiger partial charge in [-0.3, -0.25) is 9.78 Å². The number of halogens is 1. The van der Waals surface area contributed by atoms with Gasteiger partial charge in [-0.2, -0.15) is 0 Å². The molecule has 0 aliphatic heterocycles. The highest BCUT2D eigenvalue weighted by atomic mass is 35.5. The van der Waals surface area contributed by atoms with Gasteiger partial charge in [-0.15, -0.1) is 0 Å². The SMILES string of the molecule is Cc1noc(Cl)c1CCC(=O)NCc1cccc(OCc2ccccn2)c1. The first kappa shape index (κ1) is 18.9. The lowest BCUT2D eigenvalue weighted by Gasteiger charge is -2.09. The van der Waals surface area contributed by atoms with Crippen LogP contribution in [0, 0.1) is 6.92 Å². The Bertz CT molecular complexity index is 877. The molecule has 2 heterocycles. The Hall–Kier alpha value is -2.86. The minimum Gasteiger partial charge on any atom is -0.487 e. The number of amides is 1. The quantitative estimate of drug-likeness (QED) is 0.637. The summed E-state index contributed by atoms with van der Waals surface area (Å²) in [5, 5.41) is 6.93. The summed E-state index contributed by atoms with van der Waals surface area (Å²) in [4.78, 5) is 16.3. The summed E-state index contributed by atoms with van der Waals surface area (Å²) in [7, 11) is 0. The van der Waals surface area contributed by atoms with Crippen molar-refractivity contribution in [1.82, 2.24) is 15.5 Å². The summed E-state index contributed by atoms with van der Waals surface area (Å²) in [6, 6.07) is 13.3. The molecule has 140 valence electrons. The molecule has 0 atom stereocenters. The van der Waals surface area contributed by atoms with Crippen molar-refractivity contribution >= 4 is 17.5 Å². The first-order valence-electron chi connectivity index (χ1n) is 8.61. The van der Waals surface area contributed by atoms with Gasteiger partial charge in [0.25, 0.3) is 0 Å². The zero-order valence-corrected chi connectivity index (χ0v) is 15.7. The van der Waals surface area contributed by atoms with E-state index in [2.05, 4.69) is 15.5 Å². The second kappa shape index (κ2) is 9.19.